The van der Waals surface area contributed by atoms with Crippen molar-refractivity contribution in [2.24, 2.45) is 0 Å². The lowest BCUT2D eigenvalue weighted by Crippen LogP contribution is -2.09. The number of fused-ring (bicyclic) bond motifs is 1. The van der Waals surface area contributed by atoms with E-state index in [-0.39, 0.29) is 6.10 Å². The smallest absolute Gasteiger partial charge is 0.120 e. The lowest BCUT2D eigenvalue weighted by atomic mass is 10.1. The van der Waals surface area contributed by atoms with Gasteiger partial charge in [-0.25, -0.2) is 0 Å². The molecule has 0 bridgehead atoms. The van der Waals surface area contributed by atoms with Crippen molar-refractivity contribution >= 4 is 10.8 Å². The molecular formula is C14H15O. The fourth-order valence-corrected chi connectivity index (χ4v) is 1.53. The van der Waals surface area contributed by atoms with Gasteiger partial charge in [-0.3, -0.25) is 0 Å². The molecule has 2 aromatic rings. The first kappa shape index (κ1) is 10.0. The highest BCUT2D eigenvalue weighted by Gasteiger charge is 2.01. The summed E-state index contributed by atoms with van der Waals surface area (Å²) in [7, 11) is 0. The molecule has 1 unspecified atom stereocenters. The SMILES string of the molecule is [CH2]CC(C)Oc1ccc2ccccc2c1. The Morgan fingerprint density at radius 2 is 1.87 bits per heavy atom. The van der Waals surface area contributed by atoms with Crippen LogP contribution in [0.4, 0.5) is 0 Å². The number of hydrogen-bond acceptors (Lipinski definition) is 1. The van der Waals surface area contributed by atoms with Crippen molar-refractivity contribution in [3.63, 3.8) is 0 Å². The van der Waals surface area contributed by atoms with Gasteiger partial charge in [0.05, 0.1) is 6.10 Å². The maximum absolute atomic E-state index is 5.71. The molecule has 1 heteroatoms. The van der Waals surface area contributed by atoms with Crippen LogP contribution in [0.2, 0.25) is 0 Å². The monoisotopic (exact) mass is 199 g/mol. The van der Waals surface area contributed by atoms with Crippen LogP contribution in [0.5, 0.6) is 5.75 Å². The molecule has 1 radical (unpaired) electrons. The summed E-state index contributed by atoms with van der Waals surface area (Å²) in [4.78, 5) is 0. The second-order valence-corrected chi connectivity index (χ2v) is 3.73. The van der Waals surface area contributed by atoms with Crippen molar-refractivity contribution in [2.45, 2.75) is 19.4 Å². The molecule has 0 amide bonds. The summed E-state index contributed by atoms with van der Waals surface area (Å²) in [6.45, 7) is 5.85. The van der Waals surface area contributed by atoms with Crippen LogP contribution in [0, 0.1) is 6.92 Å². The third kappa shape index (κ3) is 2.30. The van der Waals surface area contributed by atoms with Gasteiger partial charge in [0.15, 0.2) is 0 Å². The summed E-state index contributed by atoms with van der Waals surface area (Å²) in [6.07, 6.45) is 0.957. The number of benzene rings is 2. The van der Waals surface area contributed by atoms with E-state index < -0.39 is 0 Å². The minimum atomic E-state index is 0.172. The van der Waals surface area contributed by atoms with E-state index in [1.165, 1.54) is 10.8 Å². The largest absolute Gasteiger partial charge is 0.491 e. The molecule has 0 aliphatic heterocycles. The van der Waals surface area contributed by atoms with Crippen LogP contribution in [0.1, 0.15) is 13.3 Å². The van der Waals surface area contributed by atoms with Crippen LogP contribution in [-0.2, 0) is 0 Å². The van der Waals surface area contributed by atoms with Crippen LogP contribution in [0.25, 0.3) is 10.8 Å². The minimum Gasteiger partial charge on any atom is -0.491 e. The standard InChI is InChI=1S/C14H15O/c1-3-11(2)15-14-9-8-12-6-4-5-7-13(12)10-14/h4-11H,1,3H2,2H3. The second-order valence-electron chi connectivity index (χ2n) is 3.73. The fraction of sp³-hybridized carbons (Fsp3) is 0.214. The summed E-state index contributed by atoms with van der Waals surface area (Å²) < 4.78 is 5.71. The van der Waals surface area contributed by atoms with Crippen molar-refractivity contribution in [3.05, 3.63) is 49.4 Å². The maximum atomic E-state index is 5.71. The Labute approximate surface area is 90.7 Å². The molecule has 15 heavy (non-hydrogen) atoms. The van der Waals surface area contributed by atoms with Gasteiger partial charge in [-0.1, -0.05) is 30.3 Å². The summed E-state index contributed by atoms with van der Waals surface area (Å²) in [5, 5.41) is 2.46. The summed E-state index contributed by atoms with van der Waals surface area (Å²) in [5.41, 5.74) is 0. The average molecular weight is 199 g/mol. The van der Waals surface area contributed by atoms with E-state index in [2.05, 4.69) is 31.2 Å². The summed E-state index contributed by atoms with van der Waals surface area (Å²) >= 11 is 0. The van der Waals surface area contributed by atoms with E-state index in [9.17, 15) is 0 Å². The number of hydrogen-bond donors (Lipinski definition) is 0. The highest BCUT2D eigenvalue weighted by Crippen LogP contribution is 2.21. The van der Waals surface area contributed by atoms with E-state index in [4.69, 9.17) is 4.74 Å². The second kappa shape index (κ2) is 4.35. The van der Waals surface area contributed by atoms with E-state index >= 15 is 0 Å². The number of ether oxygens (including phenoxy) is 1. The van der Waals surface area contributed by atoms with Crippen LogP contribution in [0.15, 0.2) is 42.5 Å². The number of rotatable bonds is 3. The molecule has 0 N–H and O–H groups in total. The lowest BCUT2D eigenvalue weighted by molar-refractivity contribution is 0.225. The van der Waals surface area contributed by atoms with Gasteiger partial charge in [0.25, 0.3) is 0 Å². The Kier molecular flexibility index (Phi) is 2.91. The summed E-state index contributed by atoms with van der Waals surface area (Å²) in [5.74, 6) is 0.921. The molecule has 0 fully saturated rings. The Morgan fingerprint density at radius 3 is 2.60 bits per heavy atom. The van der Waals surface area contributed by atoms with E-state index in [1.807, 2.05) is 25.1 Å². The molecule has 0 saturated heterocycles. The average Bonchev–Trinajstić information content (AvgIpc) is 2.29. The zero-order chi connectivity index (χ0) is 10.7. The van der Waals surface area contributed by atoms with Gasteiger partial charge >= 0.3 is 0 Å². The first-order valence-electron chi connectivity index (χ1n) is 5.24. The van der Waals surface area contributed by atoms with Gasteiger partial charge in [-0.2, -0.15) is 0 Å². The molecule has 77 valence electrons. The molecular weight excluding hydrogens is 184 g/mol. The molecule has 0 aliphatic rings. The van der Waals surface area contributed by atoms with Crippen molar-refractivity contribution in [2.75, 3.05) is 0 Å². The van der Waals surface area contributed by atoms with Crippen LogP contribution < -0.4 is 4.74 Å². The molecule has 1 atom stereocenters. The van der Waals surface area contributed by atoms with Crippen molar-refractivity contribution < 1.29 is 4.74 Å². The first-order valence-corrected chi connectivity index (χ1v) is 5.24. The normalized spacial score (nSPS) is 12.7. The molecule has 0 heterocycles. The van der Waals surface area contributed by atoms with Gasteiger partial charge in [-0.15, -0.1) is 0 Å². The summed E-state index contributed by atoms with van der Waals surface area (Å²) in [6, 6.07) is 14.4. The van der Waals surface area contributed by atoms with Crippen LogP contribution >= 0.6 is 0 Å². The predicted octanol–water partition coefficient (Wildman–Crippen LogP) is 3.83. The van der Waals surface area contributed by atoms with Crippen molar-refractivity contribution in [1.29, 1.82) is 0 Å². The van der Waals surface area contributed by atoms with Crippen LogP contribution in [-0.4, -0.2) is 6.10 Å². The molecule has 2 rings (SSSR count). The molecule has 0 aliphatic carbocycles. The first-order chi connectivity index (χ1) is 7.29. The third-order valence-corrected chi connectivity index (χ3v) is 2.46. The highest BCUT2D eigenvalue weighted by atomic mass is 16.5. The lowest BCUT2D eigenvalue weighted by Gasteiger charge is -2.12. The topological polar surface area (TPSA) is 9.23 Å². The zero-order valence-corrected chi connectivity index (χ0v) is 8.94. The Bertz CT molecular complexity index is 448. The molecule has 1 nitrogen and oxygen atoms in total. The van der Waals surface area contributed by atoms with Gasteiger partial charge in [0, 0.05) is 0 Å². The molecule has 2 aromatic carbocycles. The van der Waals surface area contributed by atoms with Crippen LogP contribution in [0.3, 0.4) is 0 Å². The zero-order valence-electron chi connectivity index (χ0n) is 8.94. The maximum Gasteiger partial charge on any atom is 0.120 e. The van der Waals surface area contributed by atoms with Gasteiger partial charge < -0.3 is 4.74 Å². The minimum absolute atomic E-state index is 0.172. The van der Waals surface area contributed by atoms with E-state index in [0.717, 1.165) is 12.2 Å². The highest BCUT2D eigenvalue weighted by molar-refractivity contribution is 5.83. The van der Waals surface area contributed by atoms with Crippen molar-refractivity contribution in [3.8, 4) is 5.75 Å². The van der Waals surface area contributed by atoms with Gasteiger partial charge in [0.1, 0.15) is 5.75 Å². The molecule has 0 aromatic heterocycles. The molecule has 0 spiro atoms. The van der Waals surface area contributed by atoms with E-state index in [1.54, 1.807) is 0 Å². The molecule has 0 saturated carbocycles. The van der Waals surface area contributed by atoms with Crippen molar-refractivity contribution in [1.82, 2.24) is 0 Å². The Morgan fingerprint density at radius 1 is 1.13 bits per heavy atom. The quantitative estimate of drug-likeness (QED) is 0.730. The Balaban J connectivity index is 2.30. The predicted molar refractivity (Wildman–Crippen MR) is 64.0 cm³/mol. The van der Waals surface area contributed by atoms with Gasteiger partial charge in [-0.05, 0) is 43.2 Å². The third-order valence-electron chi connectivity index (χ3n) is 2.46. The fourth-order valence-electron chi connectivity index (χ4n) is 1.53. The van der Waals surface area contributed by atoms with E-state index in [0.29, 0.717) is 0 Å². The Hall–Kier alpha value is -1.50. The van der Waals surface area contributed by atoms with Gasteiger partial charge in [0.2, 0.25) is 0 Å².